The monoisotopic (exact) mass is 762 g/mol. The number of carbonyl (C=O) groups is 5. The molecule has 1 aliphatic carbocycles. The lowest BCUT2D eigenvalue weighted by Gasteiger charge is -2.47. The van der Waals surface area contributed by atoms with E-state index in [4.69, 9.17) is 16.2 Å². The highest BCUT2D eigenvalue weighted by molar-refractivity contribution is 8.00. The van der Waals surface area contributed by atoms with Gasteiger partial charge in [0, 0.05) is 17.9 Å². The van der Waals surface area contributed by atoms with Gasteiger partial charge in [-0.3, -0.25) is 24.0 Å². The van der Waals surface area contributed by atoms with Crippen LogP contribution in [0.2, 0.25) is 0 Å². The first-order valence-corrected chi connectivity index (χ1v) is 18.1. The van der Waals surface area contributed by atoms with Crippen LogP contribution < -0.4 is 26.4 Å². The van der Waals surface area contributed by atoms with Crippen LogP contribution in [0, 0.1) is 17.0 Å². The highest BCUT2D eigenvalue weighted by Gasteiger charge is 2.49. The van der Waals surface area contributed by atoms with Gasteiger partial charge in [0.2, 0.25) is 11.8 Å². The Balaban J connectivity index is 1.27. The largest absolute Gasteiger partial charge is 0.484 e. The van der Waals surface area contributed by atoms with Gasteiger partial charge in [-0.2, -0.15) is 0 Å². The number of rotatable bonds is 18. The summed E-state index contributed by atoms with van der Waals surface area (Å²) in [6.07, 6.45) is 5.18. The number of ether oxygens (including phenoxy) is 1. The number of aliphatic hydroxyl groups is 1. The lowest BCUT2D eigenvalue weighted by atomic mass is 9.70. The molecular weight excluding hydrogens is 723 g/mol. The number of Topliss-reactive ketones (excluding diaryl/α,β-unsaturated/α-hetero) is 1. The molecule has 7 N–H and O–H groups in total. The average molecular weight is 763 g/mol. The maximum absolute atomic E-state index is 13.9. The number of aliphatic hydroxyl groups excluding tert-OH is 1. The van der Waals surface area contributed by atoms with Gasteiger partial charge >= 0.3 is 5.97 Å². The van der Waals surface area contributed by atoms with Crippen LogP contribution in [0.3, 0.4) is 0 Å². The van der Waals surface area contributed by atoms with E-state index in [-0.39, 0.29) is 43.1 Å². The van der Waals surface area contributed by atoms with Gasteiger partial charge in [-0.05, 0) is 78.9 Å². The average Bonchev–Trinajstić information content (AvgIpc) is 3.15. The zero-order valence-electron chi connectivity index (χ0n) is 29.0. The Bertz CT molecular complexity index is 1910. The number of thioether (sulfide) groups is 1. The van der Waals surface area contributed by atoms with Gasteiger partial charge < -0.3 is 36.6 Å². The van der Waals surface area contributed by atoms with E-state index in [0.717, 1.165) is 0 Å². The van der Waals surface area contributed by atoms with Crippen LogP contribution in [-0.4, -0.2) is 69.4 Å². The van der Waals surface area contributed by atoms with Crippen molar-refractivity contribution in [1.29, 1.82) is 0 Å². The lowest BCUT2D eigenvalue weighted by molar-refractivity contribution is -0.140. The molecule has 3 aromatic carbocycles. The molecule has 0 bridgehead atoms. The van der Waals surface area contributed by atoms with E-state index in [9.17, 15) is 43.0 Å². The molecule has 0 aromatic heterocycles. The van der Waals surface area contributed by atoms with Crippen LogP contribution >= 0.6 is 11.8 Å². The molecule has 0 radical (unpaired) electrons. The van der Waals surface area contributed by atoms with Crippen molar-refractivity contribution in [2.75, 3.05) is 17.3 Å². The van der Waals surface area contributed by atoms with Crippen molar-refractivity contribution in [2.24, 2.45) is 16.9 Å². The fraction of sp³-hybridized carbons (Fsp3) is 0.308. The summed E-state index contributed by atoms with van der Waals surface area (Å²) < 4.78 is 32.8. The predicted molar refractivity (Wildman–Crippen MR) is 197 cm³/mol. The van der Waals surface area contributed by atoms with Gasteiger partial charge in [-0.15, -0.1) is 11.8 Å². The number of primary amides is 1. The maximum atomic E-state index is 13.9. The van der Waals surface area contributed by atoms with Crippen molar-refractivity contribution in [2.45, 2.75) is 55.2 Å². The smallest absolute Gasteiger partial charge is 0.320 e. The Morgan fingerprint density at radius 3 is 2.22 bits per heavy atom. The van der Waals surface area contributed by atoms with Crippen molar-refractivity contribution in [3.63, 3.8) is 0 Å². The van der Waals surface area contributed by atoms with Gasteiger partial charge in [-0.25, -0.2) is 8.78 Å². The molecule has 2 unspecified atom stereocenters. The summed E-state index contributed by atoms with van der Waals surface area (Å²) in [5.74, 6) is -3.89. The zero-order chi connectivity index (χ0) is 39.0. The molecule has 1 heterocycles. The molecular formula is C39H40F2N4O8S. The first-order valence-electron chi connectivity index (χ1n) is 17.1. The van der Waals surface area contributed by atoms with Crippen molar-refractivity contribution in [3.05, 3.63) is 120 Å². The van der Waals surface area contributed by atoms with E-state index in [2.05, 4.69) is 5.32 Å². The number of benzene rings is 3. The van der Waals surface area contributed by atoms with E-state index in [1.807, 2.05) is 0 Å². The number of hydrogen-bond acceptors (Lipinski definition) is 9. The Labute approximate surface area is 314 Å². The van der Waals surface area contributed by atoms with Crippen LogP contribution in [0.5, 0.6) is 5.75 Å². The van der Waals surface area contributed by atoms with E-state index in [1.54, 1.807) is 48.6 Å². The third-order valence-corrected chi connectivity index (χ3v) is 10.6. The third kappa shape index (κ3) is 9.58. The zero-order valence-corrected chi connectivity index (χ0v) is 29.8. The van der Waals surface area contributed by atoms with E-state index < -0.39 is 76.7 Å². The van der Waals surface area contributed by atoms with Gasteiger partial charge in [0.05, 0.1) is 23.6 Å². The number of β-lactam (4-membered cyclic amide) rings is 1. The summed E-state index contributed by atoms with van der Waals surface area (Å²) >= 11 is 1.24. The molecule has 0 spiro atoms. The predicted octanol–water partition coefficient (Wildman–Crippen LogP) is 3.89. The number of halogens is 2. The number of nitrogens with one attached hydrogen (secondary N) is 1. The van der Waals surface area contributed by atoms with Crippen LogP contribution in [-0.2, 0) is 24.0 Å². The second kappa shape index (κ2) is 17.6. The molecule has 2 aliphatic rings. The summed E-state index contributed by atoms with van der Waals surface area (Å²) in [4.78, 5) is 65.1. The fourth-order valence-corrected chi connectivity index (χ4v) is 7.74. The number of carbonyl (C=O) groups excluding carboxylic acids is 4. The minimum atomic E-state index is -1.35. The molecule has 12 nitrogen and oxygen atoms in total. The molecule has 1 aliphatic heterocycles. The molecule has 0 saturated carbocycles. The van der Waals surface area contributed by atoms with Crippen molar-refractivity contribution in [3.8, 4) is 5.75 Å². The molecule has 284 valence electrons. The number of ketones is 1. The Morgan fingerprint density at radius 2 is 1.63 bits per heavy atom. The highest BCUT2D eigenvalue weighted by atomic mass is 32.2. The normalized spacial score (nSPS) is 20.7. The summed E-state index contributed by atoms with van der Waals surface area (Å²) in [5.41, 5.74) is 11.5. The molecule has 5 rings (SSSR count). The van der Waals surface area contributed by atoms with Crippen LogP contribution in [0.1, 0.15) is 49.0 Å². The van der Waals surface area contributed by atoms with Crippen molar-refractivity contribution >= 4 is 46.9 Å². The van der Waals surface area contributed by atoms with Crippen LogP contribution in [0.15, 0.2) is 97.1 Å². The van der Waals surface area contributed by atoms with Crippen molar-refractivity contribution < 1.29 is 47.7 Å². The number of amides is 3. The van der Waals surface area contributed by atoms with Crippen LogP contribution in [0.4, 0.5) is 14.5 Å². The Morgan fingerprint density at radius 1 is 0.981 bits per heavy atom. The van der Waals surface area contributed by atoms with Gasteiger partial charge in [0.25, 0.3) is 5.91 Å². The number of anilines is 1. The molecule has 6 atom stereocenters. The molecule has 1 saturated heterocycles. The third-order valence-electron chi connectivity index (χ3n) is 9.30. The lowest BCUT2D eigenvalue weighted by Crippen LogP contribution is -2.57. The molecule has 3 amide bonds. The minimum Gasteiger partial charge on any atom is -0.484 e. The first-order chi connectivity index (χ1) is 25.8. The Hall–Kier alpha value is -5.38. The summed E-state index contributed by atoms with van der Waals surface area (Å²) in [5, 5.41) is 22.1. The second-order valence-electron chi connectivity index (χ2n) is 13.1. The van der Waals surface area contributed by atoms with Crippen LogP contribution in [0.25, 0.3) is 0 Å². The molecule has 15 heteroatoms. The minimum absolute atomic E-state index is 0.124. The quantitative estimate of drug-likeness (QED) is 0.118. The number of carboxylic acids is 1. The second-order valence-corrected chi connectivity index (χ2v) is 14.3. The van der Waals surface area contributed by atoms with Gasteiger partial charge in [0.1, 0.15) is 28.7 Å². The van der Waals surface area contributed by atoms with E-state index in [0.29, 0.717) is 16.8 Å². The van der Waals surface area contributed by atoms with Gasteiger partial charge in [-0.1, -0.05) is 48.6 Å². The molecule has 3 aromatic rings. The highest BCUT2D eigenvalue weighted by Crippen LogP contribution is 2.46. The van der Waals surface area contributed by atoms with Crippen molar-refractivity contribution in [1.82, 2.24) is 5.32 Å². The van der Waals surface area contributed by atoms with Gasteiger partial charge in [0.15, 0.2) is 12.4 Å². The molecule has 54 heavy (non-hydrogen) atoms. The number of allylic oxidation sites excluding steroid dienone is 4. The summed E-state index contributed by atoms with van der Waals surface area (Å²) in [7, 11) is 0. The number of carboxylic acid groups (broad SMARTS) is 1. The number of hydrogen-bond donors (Lipinski definition) is 5. The number of aliphatic carboxylic acids is 1. The number of nitrogens with two attached hydrogens (primary N) is 2. The molecule has 1 fully saturated rings. The summed E-state index contributed by atoms with van der Waals surface area (Å²) in [6, 6.07) is 14.5. The van der Waals surface area contributed by atoms with E-state index in [1.165, 1.54) is 65.2 Å². The number of nitrogens with zero attached hydrogens (tertiary/aromatic N) is 1. The van der Waals surface area contributed by atoms with E-state index >= 15 is 0 Å². The first kappa shape index (κ1) is 39.8. The summed E-state index contributed by atoms with van der Waals surface area (Å²) in [6.45, 7) is -0.513. The fourth-order valence-electron chi connectivity index (χ4n) is 6.44. The SMILES string of the molecule is NC(=O)CC[C@H](NC(=O)COc1ccc([C@@H]2[C@@H](SCC(O)c3ccc(F)cc3)C(=O)N2c2ccc(F)cc2)cc1)C(=O)C1(C[C@@H](N)C(=O)O)C=CC=CC1. The maximum Gasteiger partial charge on any atom is 0.320 e. The standard InChI is InChI=1S/C39H40F2N4O8S/c40-25-8-4-23(5-9-25)31(46)22-54-35-34(45(37(35)50)27-12-10-26(41)11-13-27)24-6-14-28(15-7-24)53-21-33(48)44-30(16-17-32(43)47)36(49)39(18-2-1-3-19-39)20-29(42)38(51)52/h1-15,18,29-31,34-35,46H,16-17,19-22,42H2,(H2,43,47)(H,44,48)(H,51,52)/t29-,30+,31?,34-,35-,39?/m1/s1. The topological polar surface area (TPSA) is 202 Å². The Kier molecular flexibility index (Phi) is 13.0.